The van der Waals surface area contributed by atoms with E-state index in [0.29, 0.717) is 17.5 Å². The maximum Gasteiger partial charge on any atom is 0.0733 e. The minimum atomic E-state index is 0.160. The van der Waals surface area contributed by atoms with Crippen molar-refractivity contribution in [2.45, 2.75) is 18.1 Å². The number of hydrogen-bond donors (Lipinski definition) is 1. The van der Waals surface area contributed by atoms with Crippen LogP contribution in [0.3, 0.4) is 0 Å². The topological polar surface area (TPSA) is 38.9 Å². The van der Waals surface area contributed by atoms with Crippen molar-refractivity contribution < 1.29 is 0 Å². The van der Waals surface area contributed by atoms with Gasteiger partial charge in [0.25, 0.3) is 0 Å². The first-order chi connectivity index (χ1) is 8.24. The number of nitrogens with two attached hydrogens (primary N) is 1. The van der Waals surface area contributed by atoms with Crippen molar-refractivity contribution in [2.24, 2.45) is 11.7 Å². The van der Waals surface area contributed by atoms with E-state index in [1.807, 2.05) is 12.3 Å². The Kier molecular flexibility index (Phi) is 4.33. The Balaban J connectivity index is 2.19. The van der Waals surface area contributed by atoms with Crippen LogP contribution in [0.4, 0.5) is 0 Å². The molecule has 1 aromatic heterocycles. The second kappa shape index (κ2) is 5.77. The molecule has 0 spiro atoms. The van der Waals surface area contributed by atoms with E-state index in [2.05, 4.69) is 16.8 Å². The number of aromatic nitrogens is 1. The highest BCUT2D eigenvalue weighted by molar-refractivity contribution is 7.98. The molecule has 17 heavy (non-hydrogen) atoms. The van der Waals surface area contributed by atoms with E-state index in [-0.39, 0.29) is 5.25 Å². The number of pyridine rings is 1. The van der Waals surface area contributed by atoms with Crippen molar-refractivity contribution in [3.63, 3.8) is 0 Å². The van der Waals surface area contributed by atoms with Gasteiger partial charge in [-0.25, -0.2) is 0 Å². The van der Waals surface area contributed by atoms with Crippen LogP contribution in [0.1, 0.15) is 29.3 Å². The van der Waals surface area contributed by atoms with Crippen molar-refractivity contribution in [3.8, 4) is 11.8 Å². The summed E-state index contributed by atoms with van der Waals surface area (Å²) >= 11 is 7.88. The second-order valence-corrected chi connectivity index (χ2v) is 5.54. The van der Waals surface area contributed by atoms with Crippen molar-refractivity contribution >= 4 is 23.4 Å². The lowest BCUT2D eigenvalue weighted by Gasteiger charge is -2.12. The molecule has 4 heteroatoms. The zero-order chi connectivity index (χ0) is 12.3. The molecule has 1 aliphatic carbocycles. The molecule has 1 heterocycles. The van der Waals surface area contributed by atoms with E-state index in [1.165, 1.54) is 12.8 Å². The molecule has 1 saturated carbocycles. The smallest absolute Gasteiger partial charge is 0.0733 e. The van der Waals surface area contributed by atoms with Crippen LogP contribution >= 0.6 is 23.4 Å². The van der Waals surface area contributed by atoms with Crippen LogP contribution in [0.2, 0.25) is 5.02 Å². The van der Waals surface area contributed by atoms with Crippen LogP contribution in [0, 0.1) is 17.8 Å². The molecule has 2 rings (SSSR count). The molecule has 1 atom stereocenters. The van der Waals surface area contributed by atoms with Crippen LogP contribution in [-0.4, -0.2) is 17.8 Å². The van der Waals surface area contributed by atoms with Gasteiger partial charge in [0.2, 0.25) is 0 Å². The molecule has 0 aliphatic heterocycles. The lowest BCUT2D eigenvalue weighted by Crippen LogP contribution is -2.11. The summed E-state index contributed by atoms with van der Waals surface area (Å²) in [4.78, 5) is 4.38. The van der Waals surface area contributed by atoms with Gasteiger partial charge in [0.05, 0.1) is 16.0 Å². The van der Waals surface area contributed by atoms with Gasteiger partial charge in [-0.1, -0.05) is 23.4 Å². The van der Waals surface area contributed by atoms with Gasteiger partial charge >= 0.3 is 0 Å². The first-order valence-electron chi connectivity index (χ1n) is 5.64. The molecule has 0 radical (unpaired) electrons. The Morgan fingerprint density at radius 2 is 2.41 bits per heavy atom. The number of nitrogens with zero attached hydrogens (tertiary/aromatic N) is 1. The fourth-order valence-corrected chi connectivity index (χ4v) is 2.45. The first-order valence-corrected chi connectivity index (χ1v) is 7.31. The normalized spacial score (nSPS) is 16.2. The number of hydrogen-bond acceptors (Lipinski definition) is 3. The Bertz CT molecular complexity index is 456. The highest BCUT2D eigenvalue weighted by Crippen LogP contribution is 2.30. The van der Waals surface area contributed by atoms with Gasteiger partial charge in [0, 0.05) is 24.2 Å². The molecule has 0 amide bonds. The second-order valence-electron chi connectivity index (χ2n) is 4.09. The van der Waals surface area contributed by atoms with Gasteiger partial charge in [-0.3, -0.25) is 4.98 Å². The molecule has 2 nitrogen and oxygen atoms in total. The predicted octanol–water partition coefficient (Wildman–Crippen LogP) is 2.86. The third-order valence-corrected chi connectivity index (χ3v) is 3.96. The summed E-state index contributed by atoms with van der Waals surface area (Å²) in [5, 5.41) is 0.824. The lowest BCUT2D eigenvalue weighted by atomic mass is 10.2. The molecule has 1 aliphatic rings. The monoisotopic (exact) mass is 266 g/mol. The highest BCUT2D eigenvalue weighted by atomic mass is 35.5. The van der Waals surface area contributed by atoms with Gasteiger partial charge in [-0.05, 0) is 25.2 Å². The minimum absolute atomic E-state index is 0.160. The van der Waals surface area contributed by atoms with Crippen molar-refractivity contribution in [1.82, 2.24) is 4.98 Å². The summed E-state index contributed by atoms with van der Waals surface area (Å²) in [6, 6.07) is 1.89. The summed E-state index contributed by atoms with van der Waals surface area (Å²) in [7, 11) is 0. The van der Waals surface area contributed by atoms with Crippen molar-refractivity contribution in [3.05, 3.63) is 28.5 Å². The van der Waals surface area contributed by atoms with E-state index in [0.717, 1.165) is 11.3 Å². The molecule has 1 unspecified atom stereocenters. The minimum Gasteiger partial charge on any atom is -0.329 e. The molecule has 1 aromatic rings. The largest absolute Gasteiger partial charge is 0.329 e. The van der Waals surface area contributed by atoms with Crippen LogP contribution < -0.4 is 5.73 Å². The Morgan fingerprint density at radius 1 is 1.65 bits per heavy atom. The molecule has 1 fully saturated rings. The third kappa shape index (κ3) is 3.38. The SMILES string of the molecule is CSC(CN)c1ncc(C#CC2CC2)cc1Cl. The van der Waals surface area contributed by atoms with Crippen LogP contribution in [-0.2, 0) is 0 Å². The molecule has 2 N–H and O–H groups in total. The standard InChI is InChI=1S/C13H15ClN2S/c1-17-12(7-15)13-11(14)6-10(8-16-13)5-4-9-2-3-9/h6,8-9,12H,2-3,7,15H2,1H3. The Morgan fingerprint density at radius 3 is 2.94 bits per heavy atom. The van der Waals surface area contributed by atoms with Gasteiger partial charge in [0.1, 0.15) is 0 Å². The van der Waals surface area contributed by atoms with E-state index < -0.39 is 0 Å². The average Bonchev–Trinajstić information content (AvgIpc) is 3.14. The molecule has 0 saturated heterocycles. The fraction of sp³-hybridized carbons (Fsp3) is 0.462. The summed E-state index contributed by atoms with van der Waals surface area (Å²) in [5.41, 5.74) is 7.43. The summed E-state index contributed by atoms with van der Waals surface area (Å²) in [6.45, 7) is 0.543. The maximum absolute atomic E-state index is 6.21. The highest BCUT2D eigenvalue weighted by Gasteiger charge is 2.18. The molecular formula is C13H15ClN2S. The first kappa shape index (κ1) is 12.8. The quantitative estimate of drug-likeness (QED) is 0.855. The summed E-state index contributed by atoms with van der Waals surface area (Å²) in [5.74, 6) is 6.91. The number of thioether (sulfide) groups is 1. The Labute approximate surface area is 111 Å². The molecule has 90 valence electrons. The van der Waals surface area contributed by atoms with Crippen molar-refractivity contribution in [2.75, 3.05) is 12.8 Å². The fourth-order valence-electron chi connectivity index (χ4n) is 1.49. The molecule has 0 aromatic carbocycles. The van der Waals surface area contributed by atoms with Crippen molar-refractivity contribution in [1.29, 1.82) is 0 Å². The summed E-state index contributed by atoms with van der Waals surface area (Å²) < 4.78 is 0. The zero-order valence-electron chi connectivity index (χ0n) is 9.74. The average molecular weight is 267 g/mol. The molecule has 0 bridgehead atoms. The molecular weight excluding hydrogens is 252 g/mol. The number of rotatable bonds is 3. The van der Waals surface area contributed by atoms with Crippen LogP contribution in [0.5, 0.6) is 0 Å². The van der Waals surface area contributed by atoms with Crippen LogP contribution in [0.15, 0.2) is 12.3 Å². The van der Waals surface area contributed by atoms with E-state index in [4.69, 9.17) is 17.3 Å². The van der Waals surface area contributed by atoms with E-state index >= 15 is 0 Å². The van der Waals surface area contributed by atoms with Gasteiger partial charge in [0.15, 0.2) is 0 Å². The van der Waals surface area contributed by atoms with E-state index in [1.54, 1.807) is 18.0 Å². The number of halogens is 1. The zero-order valence-corrected chi connectivity index (χ0v) is 11.3. The van der Waals surface area contributed by atoms with Gasteiger partial charge in [-0.2, -0.15) is 11.8 Å². The van der Waals surface area contributed by atoms with Crippen LogP contribution in [0.25, 0.3) is 0 Å². The predicted molar refractivity (Wildman–Crippen MR) is 74.2 cm³/mol. The maximum atomic E-state index is 6.21. The third-order valence-electron chi connectivity index (χ3n) is 2.67. The Hall–Kier alpha value is -0.690. The van der Waals surface area contributed by atoms with E-state index in [9.17, 15) is 0 Å². The van der Waals surface area contributed by atoms with Gasteiger partial charge < -0.3 is 5.73 Å². The summed E-state index contributed by atoms with van der Waals surface area (Å²) in [6.07, 6.45) is 6.26. The van der Waals surface area contributed by atoms with Gasteiger partial charge in [-0.15, -0.1) is 0 Å². The lowest BCUT2D eigenvalue weighted by molar-refractivity contribution is 0.901.